The van der Waals surface area contributed by atoms with E-state index in [9.17, 15) is 8.42 Å². The first kappa shape index (κ1) is 14.3. The van der Waals surface area contributed by atoms with E-state index in [4.69, 9.17) is 0 Å². The predicted molar refractivity (Wildman–Crippen MR) is 78.3 cm³/mol. The highest BCUT2D eigenvalue weighted by atomic mass is 32.2. The molecule has 0 aromatic heterocycles. The number of nitrogens with zero attached hydrogens (tertiary/aromatic N) is 1. The third kappa shape index (κ3) is 2.23. The van der Waals surface area contributed by atoms with Crippen molar-refractivity contribution in [3.63, 3.8) is 0 Å². The summed E-state index contributed by atoms with van der Waals surface area (Å²) in [7, 11) is -3.30. The zero-order chi connectivity index (χ0) is 14.3. The lowest BCUT2D eigenvalue weighted by Crippen LogP contribution is -2.36. The van der Waals surface area contributed by atoms with Gasteiger partial charge in [-0.05, 0) is 32.8 Å². The molecule has 0 amide bonds. The van der Waals surface area contributed by atoms with Gasteiger partial charge in [0.25, 0.3) is 0 Å². The van der Waals surface area contributed by atoms with Crippen molar-refractivity contribution >= 4 is 10.0 Å². The van der Waals surface area contributed by atoms with Crippen molar-refractivity contribution in [1.29, 1.82) is 0 Å². The van der Waals surface area contributed by atoms with Gasteiger partial charge in [0.05, 0.1) is 10.3 Å². The predicted octanol–water partition coefficient (Wildman–Crippen LogP) is 2.90. The Morgan fingerprint density at radius 3 is 2.37 bits per heavy atom. The van der Waals surface area contributed by atoms with E-state index in [1.165, 1.54) is 0 Å². The minimum Gasteiger partial charge on any atom is -0.212 e. The van der Waals surface area contributed by atoms with Gasteiger partial charge in [-0.3, -0.25) is 0 Å². The van der Waals surface area contributed by atoms with Crippen molar-refractivity contribution < 1.29 is 8.42 Å². The van der Waals surface area contributed by atoms with Crippen molar-refractivity contribution in [2.45, 2.75) is 37.5 Å². The molecule has 104 valence electrons. The van der Waals surface area contributed by atoms with Crippen molar-refractivity contribution in [3.8, 4) is 0 Å². The van der Waals surface area contributed by atoms with Crippen LogP contribution in [0.25, 0.3) is 0 Å². The minimum absolute atomic E-state index is 0.422. The van der Waals surface area contributed by atoms with E-state index in [0.29, 0.717) is 13.0 Å². The van der Waals surface area contributed by atoms with Crippen molar-refractivity contribution in [1.82, 2.24) is 4.31 Å². The molecule has 1 saturated heterocycles. The van der Waals surface area contributed by atoms with E-state index in [1.54, 1.807) is 31.2 Å². The Labute approximate surface area is 116 Å². The molecule has 3 nitrogen and oxygen atoms in total. The lowest BCUT2D eigenvalue weighted by Gasteiger charge is -2.24. The molecule has 4 heteroatoms. The van der Waals surface area contributed by atoms with Gasteiger partial charge >= 0.3 is 0 Å². The topological polar surface area (TPSA) is 37.1 Å². The first-order chi connectivity index (χ1) is 8.75. The van der Waals surface area contributed by atoms with Gasteiger partial charge in [-0.15, -0.1) is 6.58 Å². The molecule has 1 fully saturated rings. The summed E-state index contributed by atoms with van der Waals surface area (Å²) >= 11 is 0. The Morgan fingerprint density at radius 1 is 1.32 bits per heavy atom. The molecule has 1 heterocycles. The molecular weight excluding hydrogens is 258 g/mol. The summed E-state index contributed by atoms with van der Waals surface area (Å²) in [6.45, 7) is 9.53. The summed E-state index contributed by atoms with van der Waals surface area (Å²) in [5, 5.41) is 0. The minimum atomic E-state index is -3.30. The lowest BCUT2D eigenvalue weighted by atomic mass is 9.96. The molecule has 0 bridgehead atoms. The molecule has 1 aromatic carbocycles. The van der Waals surface area contributed by atoms with E-state index < -0.39 is 20.3 Å². The van der Waals surface area contributed by atoms with Crippen molar-refractivity contribution in [3.05, 3.63) is 48.6 Å². The first-order valence-corrected chi connectivity index (χ1v) is 7.88. The zero-order valence-corrected chi connectivity index (χ0v) is 12.6. The number of hydrogen-bond acceptors (Lipinski definition) is 2. The Bertz CT molecular complexity index is 572. The molecule has 2 atom stereocenters. The fourth-order valence-corrected chi connectivity index (χ4v) is 4.04. The number of sulfonamides is 1. The van der Waals surface area contributed by atoms with E-state index in [2.05, 4.69) is 6.58 Å². The van der Waals surface area contributed by atoms with Crippen molar-refractivity contribution in [2.75, 3.05) is 6.54 Å². The number of rotatable bonds is 4. The van der Waals surface area contributed by atoms with E-state index in [1.807, 2.05) is 30.3 Å². The molecule has 1 aromatic rings. The van der Waals surface area contributed by atoms with E-state index in [0.717, 1.165) is 5.56 Å². The molecular formula is C15H21NO2S. The van der Waals surface area contributed by atoms with Crippen LogP contribution in [0.15, 0.2) is 43.0 Å². The summed E-state index contributed by atoms with van der Waals surface area (Å²) < 4.78 is 26.0. The molecule has 0 N–H and O–H groups in total. The van der Waals surface area contributed by atoms with E-state index >= 15 is 0 Å². The van der Waals surface area contributed by atoms with Crippen LogP contribution in [-0.4, -0.2) is 24.0 Å². The van der Waals surface area contributed by atoms with Gasteiger partial charge in [0.2, 0.25) is 10.0 Å². The quantitative estimate of drug-likeness (QED) is 0.628. The van der Waals surface area contributed by atoms with E-state index in [-0.39, 0.29) is 0 Å². The number of hydrogen-bond donors (Lipinski definition) is 0. The standard InChI is InChI=1S/C15H21NO2S/c1-5-11-15(13-9-7-6-8-10-13)12-16(15)19(17,18)14(2,3)4/h5-10H,1,11-12H2,2-4H3/t15-,16?/m1/s1. The van der Waals surface area contributed by atoms with Gasteiger partial charge in [-0.2, -0.15) is 4.31 Å². The smallest absolute Gasteiger partial charge is 0.212 e. The molecule has 1 aliphatic rings. The molecule has 2 rings (SSSR count). The van der Waals surface area contributed by atoms with Gasteiger partial charge < -0.3 is 0 Å². The summed E-state index contributed by atoms with van der Waals surface area (Å²) in [5.41, 5.74) is 0.623. The summed E-state index contributed by atoms with van der Waals surface area (Å²) in [5.74, 6) is 0. The Morgan fingerprint density at radius 2 is 1.89 bits per heavy atom. The average Bonchev–Trinajstić information content (AvgIpc) is 3.06. The van der Waals surface area contributed by atoms with Gasteiger partial charge in [-0.1, -0.05) is 36.4 Å². The Balaban J connectivity index is 2.41. The average molecular weight is 279 g/mol. The zero-order valence-electron chi connectivity index (χ0n) is 11.8. The van der Waals surface area contributed by atoms with Crippen LogP contribution in [0.5, 0.6) is 0 Å². The first-order valence-electron chi connectivity index (χ1n) is 6.44. The monoisotopic (exact) mass is 279 g/mol. The Hall–Kier alpha value is -1.13. The molecule has 0 spiro atoms. The normalized spacial score (nSPS) is 27.0. The fraction of sp³-hybridized carbons (Fsp3) is 0.467. The highest BCUT2D eigenvalue weighted by Crippen LogP contribution is 2.50. The summed E-state index contributed by atoms with van der Waals surface area (Å²) in [6.07, 6.45) is 2.44. The van der Waals surface area contributed by atoms with Crippen LogP contribution in [0.4, 0.5) is 0 Å². The third-order valence-electron chi connectivity index (χ3n) is 3.64. The molecule has 19 heavy (non-hydrogen) atoms. The maximum Gasteiger partial charge on any atom is 0.219 e. The second-order valence-electron chi connectivity index (χ2n) is 6.01. The summed E-state index contributed by atoms with van der Waals surface area (Å²) in [4.78, 5) is 0. The molecule has 0 aliphatic carbocycles. The maximum atomic E-state index is 12.6. The Kier molecular flexibility index (Phi) is 3.35. The third-order valence-corrected chi connectivity index (χ3v) is 6.24. The largest absolute Gasteiger partial charge is 0.219 e. The lowest BCUT2D eigenvalue weighted by molar-refractivity contribution is 0.480. The van der Waals surface area contributed by atoms with Crippen LogP contribution in [0.2, 0.25) is 0 Å². The fourth-order valence-electron chi connectivity index (χ4n) is 2.35. The van der Waals surface area contributed by atoms with Gasteiger partial charge in [-0.25, -0.2) is 8.42 Å². The van der Waals surface area contributed by atoms with Crippen LogP contribution < -0.4 is 0 Å². The van der Waals surface area contributed by atoms with Crippen LogP contribution in [0, 0.1) is 0 Å². The second kappa shape index (κ2) is 4.46. The van der Waals surface area contributed by atoms with Crippen LogP contribution in [0.1, 0.15) is 32.8 Å². The van der Waals surface area contributed by atoms with Crippen LogP contribution in [-0.2, 0) is 15.6 Å². The SMILES string of the molecule is C=CC[C@]1(c2ccccc2)CN1S(=O)(=O)C(C)(C)C. The molecule has 1 aliphatic heterocycles. The summed E-state index contributed by atoms with van der Waals surface area (Å²) in [6, 6.07) is 9.81. The highest BCUT2D eigenvalue weighted by Gasteiger charge is 2.61. The van der Waals surface area contributed by atoms with Crippen LogP contribution >= 0.6 is 0 Å². The maximum absolute atomic E-state index is 12.6. The second-order valence-corrected chi connectivity index (χ2v) is 8.63. The van der Waals surface area contributed by atoms with Crippen molar-refractivity contribution in [2.24, 2.45) is 0 Å². The molecule has 0 radical (unpaired) electrons. The van der Waals surface area contributed by atoms with Crippen LogP contribution in [0.3, 0.4) is 0 Å². The van der Waals surface area contributed by atoms with Gasteiger partial charge in [0, 0.05) is 6.54 Å². The van der Waals surface area contributed by atoms with Gasteiger partial charge in [0.1, 0.15) is 0 Å². The molecule has 1 unspecified atom stereocenters. The number of benzene rings is 1. The highest BCUT2D eigenvalue weighted by molar-refractivity contribution is 7.90. The molecule has 0 saturated carbocycles. The van der Waals surface area contributed by atoms with Gasteiger partial charge in [0.15, 0.2) is 0 Å².